The molecule has 0 aliphatic carbocycles. The number of allylic oxidation sites excluding steroid dienone is 2. The highest BCUT2D eigenvalue weighted by molar-refractivity contribution is 6.03. The molecule has 0 spiro atoms. The Morgan fingerprint density at radius 3 is 2.38 bits per heavy atom. The van der Waals surface area contributed by atoms with E-state index in [1.165, 1.54) is 32.3 Å². The van der Waals surface area contributed by atoms with Crippen molar-refractivity contribution in [3.63, 3.8) is 0 Å². The van der Waals surface area contributed by atoms with E-state index in [1.807, 2.05) is 0 Å². The Labute approximate surface area is 163 Å². The zero-order chi connectivity index (χ0) is 21.6. The Morgan fingerprint density at radius 2 is 1.86 bits per heavy atom. The van der Waals surface area contributed by atoms with Crippen molar-refractivity contribution in [2.24, 2.45) is 0 Å². The van der Waals surface area contributed by atoms with Gasteiger partial charge in [-0.05, 0) is 24.3 Å². The second-order valence-corrected chi connectivity index (χ2v) is 5.68. The molecule has 0 fully saturated rings. The van der Waals surface area contributed by atoms with Gasteiger partial charge in [0.05, 0.1) is 11.3 Å². The molecule has 0 aliphatic rings. The maximum Gasteiger partial charge on any atom is 0.417 e. The molecule has 1 amide bonds. The Kier molecular flexibility index (Phi) is 6.65. The van der Waals surface area contributed by atoms with Crippen LogP contribution in [0.2, 0.25) is 0 Å². The Bertz CT molecular complexity index is 955. The average Bonchev–Trinajstić information content (AvgIpc) is 2.67. The number of ketones is 1. The molecule has 0 unspecified atom stereocenters. The fourth-order valence-corrected chi connectivity index (χ4v) is 2.27. The zero-order valence-electron chi connectivity index (χ0n) is 15.4. The summed E-state index contributed by atoms with van der Waals surface area (Å²) in [5, 5.41) is 15.2. The molecule has 152 valence electrons. The Balaban J connectivity index is 2.19. The van der Waals surface area contributed by atoms with E-state index in [2.05, 4.69) is 25.9 Å². The van der Waals surface area contributed by atoms with Gasteiger partial charge in [-0.25, -0.2) is 9.97 Å². The van der Waals surface area contributed by atoms with Gasteiger partial charge in [-0.3, -0.25) is 9.59 Å². The van der Waals surface area contributed by atoms with E-state index in [9.17, 15) is 22.8 Å². The van der Waals surface area contributed by atoms with Crippen LogP contribution in [0.3, 0.4) is 0 Å². The molecule has 29 heavy (non-hydrogen) atoms. The van der Waals surface area contributed by atoms with E-state index >= 15 is 0 Å². The standard InChI is InChI=1S/C18H17F3N6O2/c1-10(28)16(23-2)13(8-22)26-17(29)11-5-6-24-15(7-11)27-14-4-3-12(9-25-14)18(19,20)21/h3-9,22-23H,1-2H3,(H,26,29)(H,24,25,27)/b16-13+,22-8?. The number of halogens is 3. The maximum atomic E-state index is 12.6. The van der Waals surface area contributed by atoms with Gasteiger partial charge in [-0.15, -0.1) is 0 Å². The molecule has 0 aliphatic heterocycles. The predicted octanol–water partition coefficient (Wildman–Crippen LogP) is 2.64. The number of rotatable bonds is 7. The SMILES string of the molecule is CN/C(C(C)=O)=C(\C=N)NC(=O)c1ccnc(Nc2ccc(C(F)(F)F)cn2)c1. The first-order valence-corrected chi connectivity index (χ1v) is 8.16. The van der Waals surface area contributed by atoms with Crippen LogP contribution >= 0.6 is 0 Å². The molecule has 11 heteroatoms. The van der Waals surface area contributed by atoms with E-state index in [0.717, 1.165) is 18.3 Å². The smallest absolute Gasteiger partial charge is 0.384 e. The maximum absolute atomic E-state index is 12.6. The first-order chi connectivity index (χ1) is 13.7. The number of alkyl halides is 3. The predicted molar refractivity (Wildman–Crippen MR) is 99.8 cm³/mol. The third kappa shape index (κ3) is 5.61. The molecule has 0 aromatic carbocycles. The van der Waals surface area contributed by atoms with Gasteiger partial charge in [0.25, 0.3) is 5.91 Å². The molecular formula is C18H17F3N6O2. The number of nitrogens with one attached hydrogen (secondary N) is 4. The van der Waals surface area contributed by atoms with E-state index in [1.54, 1.807) is 0 Å². The highest BCUT2D eigenvalue weighted by atomic mass is 19.4. The minimum absolute atomic E-state index is 0.0132. The second-order valence-electron chi connectivity index (χ2n) is 5.68. The van der Waals surface area contributed by atoms with Crippen molar-refractivity contribution < 1.29 is 22.8 Å². The number of anilines is 2. The summed E-state index contributed by atoms with van der Waals surface area (Å²) in [6.45, 7) is 1.28. The van der Waals surface area contributed by atoms with Crippen molar-refractivity contribution in [3.8, 4) is 0 Å². The molecule has 2 aromatic rings. The number of carbonyl (C=O) groups is 2. The molecule has 0 saturated carbocycles. The first kappa shape index (κ1) is 21.5. The molecule has 2 rings (SSSR count). The number of hydrogen-bond donors (Lipinski definition) is 4. The molecular weight excluding hydrogens is 389 g/mol. The summed E-state index contributed by atoms with van der Waals surface area (Å²) in [6.07, 6.45) is -1.66. The number of amides is 1. The van der Waals surface area contributed by atoms with Gasteiger partial charge in [-0.1, -0.05) is 0 Å². The van der Waals surface area contributed by atoms with Gasteiger partial charge < -0.3 is 21.4 Å². The van der Waals surface area contributed by atoms with Crippen LogP contribution < -0.4 is 16.0 Å². The van der Waals surface area contributed by atoms with E-state index in [4.69, 9.17) is 5.41 Å². The second kappa shape index (κ2) is 8.95. The number of Topliss-reactive ketones (excluding diaryl/α,β-unsaturated/α-hetero) is 1. The molecule has 0 radical (unpaired) electrons. The summed E-state index contributed by atoms with van der Waals surface area (Å²) < 4.78 is 37.8. The quantitative estimate of drug-likeness (QED) is 0.415. The van der Waals surface area contributed by atoms with Gasteiger partial charge in [0.2, 0.25) is 0 Å². The molecule has 2 heterocycles. The van der Waals surface area contributed by atoms with Crippen molar-refractivity contribution >= 4 is 29.5 Å². The fraction of sp³-hybridized carbons (Fsp3) is 0.167. The molecule has 4 N–H and O–H groups in total. The molecule has 2 aromatic heterocycles. The summed E-state index contributed by atoms with van der Waals surface area (Å²) in [4.78, 5) is 31.7. The van der Waals surface area contributed by atoms with Crippen LogP contribution in [0.15, 0.2) is 48.1 Å². The minimum atomic E-state index is -4.49. The molecule has 8 nitrogen and oxygen atoms in total. The number of carbonyl (C=O) groups excluding carboxylic acids is 2. The van der Waals surface area contributed by atoms with E-state index in [-0.39, 0.29) is 34.4 Å². The van der Waals surface area contributed by atoms with Crippen molar-refractivity contribution in [2.45, 2.75) is 13.1 Å². The lowest BCUT2D eigenvalue weighted by Crippen LogP contribution is -2.29. The summed E-state index contributed by atoms with van der Waals surface area (Å²) >= 11 is 0. The number of hydrogen-bond acceptors (Lipinski definition) is 7. The topological polar surface area (TPSA) is 120 Å². The summed E-state index contributed by atoms with van der Waals surface area (Å²) in [5.74, 6) is -0.692. The number of pyridine rings is 2. The number of aromatic nitrogens is 2. The Morgan fingerprint density at radius 1 is 1.14 bits per heavy atom. The van der Waals surface area contributed by atoms with Gasteiger partial charge in [0, 0.05) is 38.1 Å². The molecule has 0 saturated heterocycles. The van der Waals surface area contributed by atoms with Crippen molar-refractivity contribution in [3.05, 3.63) is 59.2 Å². The summed E-state index contributed by atoms with van der Waals surface area (Å²) in [6, 6.07) is 4.76. The van der Waals surface area contributed by atoms with Crippen LogP contribution in [-0.2, 0) is 11.0 Å². The zero-order valence-corrected chi connectivity index (χ0v) is 15.4. The number of nitrogens with zero attached hydrogens (tertiary/aromatic N) is 2. The third-order valence-electron chi connectivity index (χ3n) is 3.63. The fourth-order valence-electron chi connectivity index (χ4n) is 2.27. The first-order valence-electron chi connectivity index (χ1n) is 8.16. The monoisotopic (exact) mass is 406 g/mol. The van der Waals surface area contributed by atoms with Crippen LogP contribution in [0.5, 0.6) is 0 Å². The van der Waals surface area contributed by atoms with Crippen molar-refractivity contribution in [2.75, 3.05) is 12.4 Å². The largest absolute Gasteiger partial charge is 0.417 e. The summed E-state index contributed by atoms with van der Waals surface area (Å²) in [5.41, 5.74) is -0.691. The van der Waals surface area contributed by atoms with Crippen LogP contribution in [0.4, 0.5) is 24.8 Å². The van der Waals surface area contributed by atoms with E-state index < -0.39 is 17.6 Å². The van der Waals surface area contributed by atoms with Gasteiger partial charge in [-0.2, -0.15) is 13.2 Å². The minimum Gasteiger partial charge on any atom is -0.384 e. The lowest BCUT2D eigenvalue weighted by molar-refractivity contribution is -0.137. The lowest BCUT2D eigenvalue weighted by Gasteiger charge is -2.11. The van der Waals surface area contributed by atoms with Crippen LogP contribution in [0.25, 0.3) is 0 Å². The van der Waals surface area contributed by atoms with Crippen molar-refractivity contribution in [1.82, 2.24) is 20.6 Å². The van der Waals surface area contributed by atoms with Gasteiger partial charge in [0.1, 0.15) is 17.3 Å². The molecule has 0 atom stereocenters. The third-order valence-corrected chi connectivity index (χ3v) is 3.63. The normalized spacial score (nSPS) is 11.9. The van der Waals surface area contributed by atoms with Gasteiger partial charge >= 0.3 is 6.18 Å². The average molecular weight is 406 g/mol. The number of likely N-dealkylation sites (N-methyl/N-ethyl adjacent to an activating group) is 1. The van der Waals surface area contributed by atoms with Gasteiger partial charge in [0.15, 0.2) is 5.78 Å². The highest BCUT2D eigenvalue weighted by Gasteiger charge is 2.30. The van der Waals surface area contributed by atoms with Crippen LogP contribution in [0, 0.1) is 5.41 Å². The molecule has 0 bridgehead atoms. The van der Waals surface area contributed by atoms with Crippen LogP contribution in [-0.4, -0.2) is 34.9 Å². The van der Waals surface area contributed by atoms with Crippen molar-refractivity contribution in [1.29, 1.82) is 5.41 Å². The summed E-state index contributed by atoms with van der Waals surface area (Å²) in [7, 11) is 1.48. The van der Waals surface area contributed by atoms with E-state index in [0.29, 0.717) is 6.20 Å². The lowest BCUT2D eigenvalue weighted by atomic mass is 10.2. The highest BCUT2D eigenvalue weighted by Crippen LogP contribution is 2.29. The van der Waals surface area contributed by atoms with Crippen LogP contribution in [0.1, 0.15) is 22.8 Å². The Hall–Kier alpha value is -3.76.